The second kappa shape index (κ2) is 6.88. The van der Waals surface area contributed by atoms with Crippen LogP contribution in [-0.2, 0) is 14.3 Å². The lowest BCUT2D eigenvalue weighted by Crippen LogP contribution is -2.40. The van der Waals surface area contributed by atoms with Crippen molar-refractivity contribution in [1.29, 1.82) is 0 Å². The number of amides is 2. The van der Waals surface area contributed by atoms with Crippen LogP contribution in [-0.4, -0.2) is 36.5 Å². The van der Waals surface area contributed by atoms with Gasteiger partial charge in [0.2, 0.25) is 5.91 Å². The van der Waals surface area contributed by atoms with Crippen molar-refractivity contribution < 1.29 is 19.1 Å². The molecule has 6 nitrogen and oxygen atoms in total. The summed E-state index contributed by atoms with van der Waals surface area (Å²) in [5.41, 5.74) is -0.566. The predicted molar refractivity (Wildman–Crippen MR) is 62.5 cm³/mol. The molecule has 0 aromatic heterocycles. The number of carbonyl (C=O) groups excluding carboxylic acids is 3. The highest BCUT2D eigenvalue weighted by Crippen LogP contribution is 2.06. The van der Waals surface area contributed by atoms with Gasteiger partial charge in [0.1, 0.15) is 11.9 Å². The number of aldehydes is 1. The Hall–Kier alpha value is -1.59. The van der Waals surface area contributed by atoms with Crippen molar-refractivity contribution in [2.75, 3.05) is 6.54 Å². The van der Waals surface area contributed by atoms with E-state index in [2.05, 4.69) is 10.6 Å². The van der Waals surface area contributed by atoms with Crippen molar-refractivity contribution in [3.05, 3.63) is 0 Å². The summed E-state index contributed by atoms with van der Waals surface area (Å²) >= 11 is 0. The summed E-state index contributed by atoms with van der Waals surface area (Å²) in [6.45, 7) is 6.94. The maximum Gasteiger partial charge on any atom is 0.407 e. The number of carbonyl (C=O) groups is 3. The lowest BCUT2D eigenvalue weighted by molar-refractivity contribution is -0.122. The molecule has 2 amide bonds. The largest absolute Gasteiger partial charge is 0.444 e. The molecule has 0 aliphatic heterocycles. The van der Waals surface area contributed by atoms with Gasteiger partial charge < -0.3 is 20.2 Å². The molecule has 0 bridgehead atoms. The van der Waals surface area contributed by atoms with Gasteiger partial charge in [-0.15, -0.1) is 0 Å². The van der Waals surface area contributed by atoms with Crippen LogP contribution in [0.5, 0.6) is 0 Å². The zero-order chi connectivity index (χ0) is 13.5. The number of rotatable bonds is 5. The summed E-state index contributed by atoms with van der Waals surface area (Å²) in [6, 6.07) is -0.350. The highest BCUT2D eigenvalue weighted by atomic mass is 16.6. The molecule has 0 spiro atoms. The third-order valence-corrected chi connectivity index (χ3v) is 1.64. The Balaban J connectivity index is 3.93. The first kappa shape index (κ1) is 15.4. The van der Waals surface area contributed by atoms with E-state index >= 15 is 0 Å². The minimum atomic E-state index is -0.566. The minimum Gasteiger partial charge on any atom is -0.444 e. The van der Waals surface area contributed by atoms with Crippen LogP contribution >= 0.6 is 0 Å². The van der Waals surface area contributed by atoms with E-state index in [1.54, 1.807) is 27.7 Å². The fourth-order valence-electron chi connectivity index (χ4n) is 1.07. The average Bonchev–Trinajstić information content (AvgIpc) is 2.10. The summed E-state index contributed by atoms with van der Waals surface area (Å²) < 4.78 is 5.03. The van der Waals surface area contributed by atoms with Crippen LogP contribution in [0.25, 0.3) is 0 Å². The second-order valence-electron chi connectivity index (χ2n) is 4.72. The third-order valence-electron chi connectivity index (χ3n) is 1.64. The van der Waals surface area contributed by atoms with Crippen LogP contribution in [0, 0.1) is 0 Å². The molecule has 98 valence electrons. The molecule has 0 rings (SSSR count). The van der Waals surface area contributed by atoms with Gasteiger partial charge in [0.05, 0.1) is 6.54 Å². The number of ether oxygens (including phenoxy) is 1. The van der Waals surface area contributed by atoms with E-state index in [4.69, 9.17) is 4.74 Å². The Morgan fingerprint density at radius 2 is 1.94 bits per heavy atom. The van der Waals surface area contributed by atoms with Crippen LogP contribution in [0.15, 0.2) is 0 Å². The van der Waals surface area contributed by atoms with Crippen molar-refractivity contribution >= 4 is 18.3 Å². The lowest BCUT2D eigenvalue weighted by Gasteiger charge is -2.21. The van der Waals surface area contributed by atoms with Gasteiger partial charge in [-0.3, -0.25) is 4.79 Å². The maximum atomic E-state index is 11.3. The topological polar surface area (TPSA) is 84.5 Å². The Morgan fingerprint density at radius 1 is 1.35 bits per heavy atom. The Labute approximate surface area is 101 Å². The fourth-order valence-corrected chi connectivity index (χ4v) is 1.07. The number of hydrogen-bond acceptors (Lipinski definition) is 4. The highest BCUT2D eigenvalue weighted by Gasteiger charge is 2.18. The van der Waals surface area contributed by atoms with E-state index in [-0.39, 0.29) is 24.9 Å². The van der Waals surface area contributed by atoms with E-state index in [0.29, 0.717) is 6.29 Å². The summed E-state index contributed by atoms with van der Waals surface area (Å²) in [6.07, 6.45) is 0.143. The van der Waals surface area contributed by atoms with Crippen LogP contribution in [0.2, 0.25) is 0 Å². The molecule has 0 aliphatic carbocycles. The quantitative estimate of drug-likeness (QED) is 0.694. The van der Waals surface area contributed by atoms with Gasteiger partial charge in [-0.2, -0.15) is 0 Å². The first-order chi connectivity index (χ1) is 7.74. The summed E-state index contributed by atoms with van der Waals surface area (Å²) in [5, 5.41) is 4.92. The van der Waals surface area contributed by atoms with Crippen molar-refractivity contribution in [2.45, 2.75) is 45.8 Å². The molecule has 0 radical (unpaired) electrons. The van der Waals surface area contributed by atoms with Crippen LogP contribution in [0.4, 0.5) is 4.79 Å². The summed E-state index contributed by atoms with van der Waals surface area (Å²) in [4.78, 5) is 32.6. The van der Waals surface area contributed by atoms with Gasteiger partial charge in [0.15, 0.2) is 0 Å². The first-order valence-electron chi connectivity index (χ1n) is 5.44. The SMILES string of the molecule is CC(CC(=O)NCC=O)NC(=O)OC(C)(C)C. The molecule has 17 heavy (non-hydrogen) atoms. The van der Waals surface area contributed by atoms with Gasteiger partial charge in [-0.1, -0.05) is 0 Å². The van der Waals surface area contributed by atoms with E-state index < -0.39 is 11.7 Å². The molecular formula is C11H20N2O4. The molecule has 0 fully saturated rings. The highest BCUT2D eigenvalue weighted by molar-refractivity contribution is 5.79. The lowest BCUT2D eigenvalue weighted by atomic mass is 10.2. The van der Waals surface area contributed by atoms with Crippen molar-refractivity contribution in [3.63, 3.8) is 0 Å². The normalized spacial score (nSPS) is 12.5. The van der Waals surface area contributed by atoms with E-state index in [9.17, 15) is 14.4 Å². The summed E-state index contributed by atoms with van der Waals surface area (Å²) in [7, 11) is 0. The molecule has 0 saturated carbocycles. The van der Waals surface area contributed by atoms with E-state index in [1.165, 1.54) is 0 Å². The Bertz CT molecular complexity index is 284. The summed E-state index contributed by atoms with van der Waals surface area (Å²) in [5.74, 6) is -0.291. The molecule has 1 atom stereocenters. The molecule has 2 N–H and O–H groups in total. The second-order valence-corrected chi connectivity index (χ2v) is 4.72. The third kappa shape index (κ3) is 9.35. The number of nitrogens with one attached hydrogen (secondary N) is 2. The molecule has 0 saturated heterocycles. The fraction of sp³-hybridized carbons (Fsp3) is 0.727. The minimum absolute atomic E-state index is 0.0159. The van der Waals surface area contributed by atoms with Crippen molar-refractivity contribution in [2.24, 2.45) is 0 Å². The molecule has 6 heteroatoms. The molecule has 0 aromatic carbocycles. The zero-order valence-electron chi connectivity index (χ0n) is 10.7. The molecular weight excluding hydrogens is 224 g/mol. The first-order valence-corrected chi connectivity index (χ1v) is 5.44. The van der Waals surface area contributed by atoms with E-state index in [1.807, 2.05) is 0 Å². The molecule has 0 aliphatic rings. The molecule has 0 aromatic rings. The van der Waals surface area contributed by atoms with Gasteiger partial charge in [0, 0.05) is 12.5 Å². The van der Waals surface area contributed by atoms with Crippen LogP contribution in [0.3, 0.4) is 0 Å². The predicted octanol–water partition coefficient (Wildman–Crippen LogP) is 0.605. The van der Waals surface area contributed by atoms with Crippen LogP contribution in [0.1, 0.15) is 34.1 Å². The number of hydrogen-bond donors (Lipinski definition) is 2. The smallest absolute Gasteiger partial charge is 0.407 e. The zero-order valence-corrected chi connectivity index (χ0v) is 10.7. The molecule has 1 unspecified atom stereocenters. The maximum absolute atomic E-state index is 11.3. The monoisotopic (exact) mass is 244 g/mol. The van der Waals surface area contributed by atoms with Gasteiger partial charge in [-0.05, 0) is 27.7 Å². The van der Waals surface area contributed by atoms with Crippen LogP contribution < -0.4 is 10.6 Å². The average molecular weight is 244 g/mol. The Morgan fingerprint density at radius 3 is 2.41 bits per heavy atom. The van der Waals surface area contributed by atoms with Crippen molar-refractivity contribution in [1.82, 2.24) is 10.6 Å². The Kier molecular flexibility index (Phi) is 6.23. The number of alkyl carbamates (subject to hydrolysis) is 1. The van der Waals surface area contributed by atoms with Gasteiger partial charge >= 0.3 is 6.09 Å². The van der Waals surface area contributed by atoms with Gasteiger partial charge in [0.25, 0.3) is 0 Å². The standard InChI is InChI=1S/C11H20N2O4/c1-8(7-9(15)12-5-6-14)13-10(16)17-11(2,3)4/h6,8H,5,7H2,1-4H3,(H,12,15)(H,13,16). The molecule has 0 heterocycles. The van der Waals surface area contributed by atoms with Crippen molar-refractivity contribution in [3.8, 4) is 0 Å². The van der Waals surface area contributed by atoms with Gasteiger partial charge in [-0.25, -0.2) is 4.79 Å². The van der Waals surface area contributed by atoms with E-state index in [0.717, 1.165) is 0 Å².